The van der Waals surface area contributed by atoms with Crippen LogP contribution in [0, 0.1) is 0 Å². The molecule has 27 heavy (non-hydrogen) atoms. The minimum atomic E-state index is -0.179. The van der Waals surface area contributed by atoms with Gasteiger partial charge in [-0.3, -0.25) is 9.59 Å². The summed E-state index contributed by atoms with van der Waals surface area (Å²) in [6, 6.07) is 14.1. The van der Waals surface area contributed by atoms with Crippen molar-refractivity contribution in [1.29, 1.82) is 0 Å². The minimum absolute atomic E-state index is 0.0918. The van der Waals surface area contributed by atoms with Crippen LogP contribution in [0.1, 0.15) is 11.3 Å². The Morgan fingerprint density at radius 1 is 1.07 bits per heavy atom. The van der Waals surface area contributed by atoms with Gasteiger partial charge in [0.05, 0.1) is 3.79 Å². The molecule has 1 aromatic carbocycles. The van der Waals surface area contributed by atoms with E-state index in [4.69, 9.17) is 0 Å². The van der Waals surface area contributed by atoms with Crippen LogP contribution in [0.4, 0.5) is 5.69 Å². The third-order valence-corrected chi connectivity index (χ3v) is 5.97. The van der Waals surface area contributed by atoms with Gasteiger partial charge in [-0.2, -0.15) is 0 Å². The average molecular weight is 448 g/mol. The molecule has 3 rings (SSSR count). The first kappa shape index (κ1) is 19.6. The zero-order chi connectivity index (χ0) is 19.1. The Morgan fingerprint density at radius 3 is 2.48 bits per heavy atom. The molecule has 1 fully saturated rings. The lowest BCUT2D eigenvalue weighted by Crippen LogP contribution is -2.49. The fourth-order valence-corrected chi connectivity index (χ4v) is 4.26. The molecule has 7 heteroatoms. The van der Waals surface area contributed by atoms with Gasteiger partial charge in [-0.15, -0.1) is 11.3 Å². The average Bonchev–Trinajstić information content (AvgIpc) is 3.12. The Balaban J connectivity index is 1.36. The van der Waals surface area contributed by atoms with Gasteiger partial charge in [0.2, 0.25) is 11.8 Å². The summed E-state index contributed by atoms with van der Waals surface area (Å²) in [6.45, 7) is 3.46. The number of carbonyl (C=O) groups excluding carboxylic acids is 2. The molecule has 2 amide bonds. The summed E-state index contributed by atoms with van der Waals surface area (Å²) in [5.74, 6) is -0.0876. The zero-order valence-electron chi connectivity index (χ0n) is 14.9. The number of hydrogen-bond acceptors (Lipinski definition) is 4. The molecule has 0 atom stereocenters. The van der Waals surface area contributed by atoms with Crippen molar-refractivity contribution in [3.63, 3.8) is 0 Å². The summed E-state index contributed by atoms with van der Waals surface area (Å²) in [4.78, 5) is 29.4. The third-order valence-electron chi connectivity index (χ3n) is 4.38. The van der Waals surface area contributed by atoms with Crippen LogP contribution in [0.25, 0.3) is 6.08 Å². The zero-order valence-corrected chi connectivity index (χ0v) is 17.3. The minimum Gasteiger partial charge on any atom is -0.368 e. The number of nitrogens with zero attached hydrogens (tertiary/aromatic N) is 2. The second-order valence-electron chi connectivity index (χ2n) is 6.22. The normalized spacial score (nSPS) is 14.6. The lowest BCUT2D eigenvalue weighted by atomic mass is 10.2. The number of benzene rings is 1. The molecule has 1 aromatic heterocycles. The van der Waals surface area contributed by atoms with Gasteiger partial charge in [0.25, 0.3) is 0 Å². The number of carbonyl (C=O) groups is 2. The van der Waals surface area contributed by atoms with Gasteiger partial charge in [-0.1, -0.05) is 18.2 Å². The number of nitrogens with one attached hydrogen (secondary N) is 1. The van der Waals surface area contributed by atoms with Gasteiger partial charge >= 0.3 is 0 Å². The Hall–Kier alpha value is -2.12. The molecule has 1 aliphatic rings. The van der Waals surface area contributed by atoms with Crippen molar-refractivity contribution < 1.29 is 9.59 Å². The first-order valence-electron chi connectivity index (χ1n) is 8.91. The largest absolute Gasteiger partial charge is 0.368 e. The van der Waals surface area contributed by atoms with E-state index in [1.54, 1.807) is 17.4 Å². The predicted octanol–water partition coefficient (Wildman–Crippen LogP) is 3.38. The molecule has 142 valence electrons. The highest BCUT2D eigenvalue weighted by molar-refractivity contribution is 9.11. The van der Waals surface area contributed by atoms with Crippen molar-refractivity contribution in [2.75, 3.05) is 37.6 Å². The molecule has 5 nitrogen and oxygen atoms in total. The third kappa shape index (κ3) is 5.94. The molecule has 1 aliphatic heterocycles. The maximum Gasteiger partial charge on any atom is 0.244 e. The molecule has 0 radical (unpaired) electrons. The molecule has 0 bridgehead atoms. The van der Waals surface area contributed by atoms with Crippen molar-refractivity contribution >= 4 is 50.8 Å². The first-order chi connectivity index (χ1) is 13.1. The van der Waals surface area contributed by atoms with E-state index in [1.165, 1.54) is 11.8 Å². The Morgan fingerprint density at radius 2 is 1.81 bits per heavy atom. The summed E-state index contributed by atoms with van der Waals surface area (Å²) in [6.07, 6.45) is 3.60. The maximum atomic E-state index is 12.3. The Kier molecular flexibility index (Phi) is 7.06. The summed E-state index contributed by atoms with van der Waals surface area (Å²) < 4.78 is 1.03. The van der Waals surface area contributed by atoms with E-state index in [-0.39, 0.29) is 11.8 Å². The van der Waals surface area contributed by atoms with E-state index in [9.17, 15) is 9.59 Å². The second kappa shape index (κ2) is 9.71. The van der Waals surface area contributed by atoms with Gasteiger partial charge in [0, 0.05) is 55.8 Å². The van der Waals surface area contributed by atoms with Crippen LogP contribution < -0.4 is 10.2 Å². The molecule has 0 unspecified atom stereocenters. The van der Waals surface area contributed by atoms with Gasteiger partial charge < -0.3 is 15.1 Å². The number of para-hydroxylation sites is 1. The van der Waals surface area contributed by atoms with E-state index >= 15 is 0 Å². The van der Waals surface area contributed by atoms with E-state index in [0.717, 1.165) is 34.8 Å². The van der Waals surface area contributed by atoms with E-state index < -0.39 is 0 Å². The van der Waals surface area contributed by atoms with Crippen molar-refractivity contribution in [1.82, 2.24) is 10.2 Å². The van der Waals surface area contributed by atoms with Gasteiger partial charge in [-0.05, 0) is 46.3 Å². The maximum absolute atomic E-state index is 12.3. The summed E-state index contributed by atoms with van der Waals surface area (Å²) >= 11 is 4.95. The van der Waals surface area contributed by atoms with Crippen LogP contribution in [-0.4, -0.2) is 49.4 Å². The smallest absolute Gasteiger partial charge is 0.244 e. The number of hydrogen-bond donors (Lipinski definition) is 1. The highest BCUT2D eigenvalue weighted by Crippen LogP contribution is 2.22. The quantitative estimate of drug-likeness (QED) is 0.690. The molecule has 1 N–H and O–H groups in total. The van der Waals surface area contributed by atoms with E-state index in [2.05, 4.69) is 38.3 Å². The van der Waals surface area contributed by atoms with E-state index in [0.29, 0.717) is 13.0 Å². The standard InChI is InChI=1S/C20H22BrN3O2S/c21-18-8-6-17(27-18)7-9-19(25)22-11-10-20(26)24-14-12-23(13-15-24)16-4-2-1-3-5-16/h1-9H,10-15H2,(H,22,25)/b9-7+. The van der Waals surface area contributed by atoms with Crippen molar-refractivity contribution in [2.45, 2.75) is 6.42 Å². The van der Waals surface area contributed by atoms with Crippen LogP contribution in [0.3, 0.4) is 0 Å². The van der Waals surface area contributed by atoms with Gasteiger partial charge in [0.15, 0.2) is 0 Å². The first-order valence-corrected chi connectivity index (χ1v) is 10.5. The fraction of sp³-hybridized carbons (Fsp3) is 0.300. The Bertz CT molecular complexity index is 799. The molecule has 2 heterocycles. The summed E-state index contributed by atoms with van der Waals surface area (Å²) in [5, 5.41) is 2.77. The molecular formula is C20H22BrN3O2S. The Labute approximate surface area is 171 Å². The summed E-state index contributed by atoms with van der Waals surface area (Å²) in [7, 11) is 0. The summed E-state index contributed by atoms with van der Waals surface area (Å²) in [5.41, 5.74) is 1.20. The topological polar surface area (TPSA) is 52.7 Å². The fourth-order valence-electron chi connectivity index (χ4n) is 2.94. The van der Waals surface area contributed by atoms with Crippen molar-refractivity contribution in [2.24, 2.45) is 0 Å². The number of amides is 2. The van der Waals surface area contributed by atoms with Crippen LogP contribution in [-0.2, 0) is 9.59 Å². The van der Waals surface area contributed by atoms with Crippen LogP contribution in [0.2, 0.25) is 0 Å². The van der Waals surface area contributed by atoms with Gasteiger partial charge in [0.1, 0.15) is 0 Å². The number of piperazine rings is 1. The molecule has 0 aliphatic carbocycles. The predicted molar refractivity (Wildman–Crippen MR) is 114 cm³/mol. The van der Waals surface area contributed by atoms with Crippen LogP contribution in [0.5, 0.6) is 0 Å². The number of rotatable bonds is 6. The van der Waals surface area contributed by atoms with Crippen molar-refractivity contribution in [3.05, 3.63) is 57.2 Å². The van der Waals surface area contributed by atoms with Crippen molar-refractivity contribution in [3.8, 4) is 0 Å². The highest BCUT2D eigenvalue weighted by atomic mass is 79.9. The lowest BCUT2D eigenvalue weighted by Gasteiger charge is -2.36. The monoisotopic (exact) mass is 447 g/mol. The lowest BCUT2D eigenvalue weighted by molar-refractivity contribution is -0.131. The van der Waals surface area contributed by atoms with Crippen LogP contribution >= 0.6 is 27.3 Å². The molecular weight excluding hydrogens is 426 g/mol. The second-order valence-corrected chi connectivity index (χ2v) is 8.71. The van der Waals surface area contributed by atoms with Gasteiger partial charge in [-0.25, -0.2) is 0 Å². The molecule has 0 saturated carbocycles. The number of anilines is 1. The molecule has 0 spiro atoms. The molecule has 1 saturated heterocycles. The SMILES string of the molecule is O=C(/C=C/c1ccc(Br)s1)NCCC(=O)N1CCN(c2ccccc2)CC1. The van der Waals surface area contributed by atoms with Crippen LogP contribution in [0.15, 0.2) is 52.3 Å². The number of thiophene rings is 1. The highest BCUT2D eigenvalue weighted by Gasteiger charge is 2.20. The molecule has 2 aromatic rings. The van der Waals surface area contributed by atoms with E-state index in [1.807, 2.05) is 35.2 Å². The number of halogens is 1.